The van der Waals surface area contributed by atoms with Crippen LogP contribution in [0.3, 0.4) is 0 Å². The van der Waals surface area contributed by atoms with Crippen LogP contribution in [0.4, 0.5) is 0 Å². The summed E-state index contributed by atoms with van der Waals surface area (Å²) < 4.78 is 12.4. The second-order valence-electron chi connectivity index (χ2n) is 8.31. The molecule has 0 radical (unpaired) electrons. The fourth-order valence-corrected chi connectivity index (χ4v) is 4.70. The molecule has 1 amide bonds. The standard InChI is InChI=1S/C27H26N4O3/c1-29-24-20-10-5-6-12-23(20)34-27(22(24)18-28)13-16-31(17-14-27)26(32)21-11-7-15-30-25(21)33-19-8-3-2-4-9-19/h2-12,15,18H,13-14,16-17,28H2,1H3. The maximum absolute atomic E-state index is 13.5. The van der Waals surface area contributed by atoms with E-state index in [9.17, 15) is 4.79 Å². The van der Waals surface area contributed by atoms with Gasteiger partial charge in [0.25, 0.3) is 5.91 Å². The monoisotopic (exact) mass is 454 g/mol. The van der Waals surface area contributed by atoms with Crippen molar-refractivity contribution in [2.45, 2.75) is 18.4 Å². The third-order valence-corrected chi connectivity index (χ3v) is 6.40. The Morgan fingerprint density at radius 1 is 1.09 bits per heavy atom. The molecule has 172 valence electrons. The molecule has 3 aromatic rings. The average molecular weight is 455 g/mol. The topological polar surface area (TPSA) is 90.0 Å². The summed E-state index contributed by atoms with van der Waals surface area (Å²) in [6, 6.07) is 20.7. The molecule has 3 heterocycles. The molecule has 0 saturated carbocycles. The Kier molecular flexibility index (Phi) is 5.76. The SMILES string of the molecule is CN=C1C(=CN)C2(CCN(C(=O)c3cccnc3Oc3ccccc3)CC2)Oc2ccccc21. The zero-order valence-electron chi connectivity index (χ0n) is 19.0. The van der Waals surface area contributed by atoms with E-state index in [1.165, 1.54) is 0 Å². The number of ether oxygens (including phenoxy) is 2. The van der Waals surface area contributed by atoms with Crippen molar-refractivity contribution in [1.82, 2.24) is 9.88 Å². The maximum atomic E-state index is 13.5. The third-order valence-electron chi connectivity index (χ3n) is 6.40. The van der Waals surface area contributed by atoms with Crippen molar-refractivity contribution in [2.24, 2.45) is 10.7 Å². The second kappa shape index (κ2) is 9.02. The summed E-state index contributed by atoms with van der Waals surface area (Å²) >= 11 is 0. The number of pyridine rings is 1. The van der Waals surface area contributed by atoms with Gasteiger partial charge in [-0.05, 0) is 36.4 Å². The number of para-hydroxylation sites is 2. The molecule has 2 aliphatic rings. The van der Waals surface area contributed by atoms with Crippen molar-refractivity contribution in [2.75, 3.05) is 20.1 Å². The van der Waals surface area contributed by atoms with E-state index in [1.54, 1.807) is 31.6 Å². The predicted molar refractivity (Wildman–Crippen MR) is 130 cm³/mol. The van der Waals surface area contributed by atoms with Crippen LogP contribution < -0.4 is 15.2 Å². The van der Waals surface area contributed by atoms with Gasteiger partial charge in [-0.15, -0.1) is 0 Å². The largest absolute Gasteiger partial charge is 0.482 e. The van der Waals surface area contributed by atoms with Crippen molar-refractivity contribution < 1.29 is 14.3 Å². The number of hydrogen-bond donors (Lipinski definition) is 1. The van der Waals surface area contributed by atoms with E-state index in [-0.39, 0.29) is 5.91 Å². The minimum absolute atomic E-state index is 0.118. The minimum Gasteiger partial charge on any atom is -0.482 e. The van der Waals surface area contributed by atoms with Crippen molar-refractivity contribution in [1.29, 1.82) is 0 Å². The average Bonchev–Trinajstić information content (AvgIpc) is 2.89. The molecule has 1 aromatic heterocycles. The van der Waals surface area contributed by atoms with Crippen molar-refractivity contribution >= 4 is 11.6 Å². The summed E-state index contributed by atoms with van der Waals surface area (Å²) in [5.41, 5.74) is 8.54. The van der Waals surface area contributed by atoms with Crippen LogP contribution in [0.1, 0.15) is 28.8 Å². The number of aromatic nitrogens is 1. The highest BCUT2D eigenvalue weighted by atomic mass is 16.5. The van der Waals surface area contributed by atoms with E-state index in [1.807, 2.05) is 59.5 Å². The summed E-state index contributed by atoms with van der Waals surface area (Å²) in [6.07, 6.45) is 4.43. The Labute approximate surface area is 198 Å². The molecule has 0 unspecified atom stereocenters. The number of nitrogens with zero attached hydrogens (tertiary/aromatic N) is 3. The zero-order chi connectivity index (χ0) is 23.5. The third kappa shape index (κ3) is 3.79. The molecule has 2 aliphatic heterocycles. The molecule has 5 rings (SSSR count). The summed E-state index contributed by atoms with van der Waals surface area (Å²) in [6.45, 7) is 1.02. The summed E-state index contributed by atoms with van der Waals surface area (Å²) in [5.74, 6) is 1.60. The van der Waals surface area contributed by atoms with E-state index < -0.39 is 5.60 Å². The van der Waals surface area contributed by atoms with Crippen LogP contribution in [0.15, 0.2) is 89.7 Å². The van der Waals surface area contributed by atoms with E-state index in [0.717, 1.165) is 22.6 Å². The van der Waals surface area contributed by atoms with Gasteiger partial charge in [-0.25, -0.2) is 4.98 Å². The van der Waals surface area contributed by atoms with Gasteiger partial charge >= 0.3 is 0 Å². The molecule has 7 nitrogen and oxygen atoms in total. The smallest absolute Gasteiger partial charge is 0.259 e. The van der Waals surface area contributed by atoms with Gasteiger partial charge in [0.15, 0.2) is 0 Å². The van der Waals surface area contributed by atoms with Crippen molar-refractivity contribution in [3.63, 3.8) is 0 Å². The molecule has 2 aromatic carbocycles. The van der Waals surface area contributed by atoms with Gasteiger partial charge in [-0.1, -0.05) is 30.3 Å². The quantitative estimate of drug-likeness (QED) is 0.641. The Morgan fingerprint density at radius 3 is 2.56 bits per heavy atom. The molecular formula is C27H26N4O3. The Hall–Kier alpha value is -4.13. The van der Waals surface area contributed by atoms with Crippen LogP contribution in [-0.2, 0) is 0 Å². The molecule has 0 bridgehead atoms. The van der Waals surface area contributed by atoms with E-state index >= 15 is 0 Å². The lowest BCUT2D eigenvalue weighted by molar-refractivity contribution is 0.0283. The molecule has 34 heavy (non-hydrogen) atoms. The van der Waals surface area contributed by atoms with Crippen LogP contribution in [-0.4, -0.2) is 47.2 Å². The normalized spacial score (nSPS) is 19.0. The van der Waals surface area contributed by atoms with Gasteiger partial charge in [0.2, 0.25) is 5.88 Å². The number of benzene rings is 2. The highest BCUT2D eigenvalue weighted by molar-refractivity contribution is 6.16. The molecule has 7 heteroatoms. The zero-order valence-corrected chi connectivity index (χ0v) is 19.0. The van der Waals surface area contributed by atoms with Crippen molar-refractivity contribution in [3.8, 4) is 17.4 Å². The Bertz CT molecular complexity index is 1260. The number of rotatable bonds is 3. The number of carbonyl (C=O) groups is 1. The van der Waals surface area contributed by atoms with Gasteiger partial charge < -0.3 is 20.1 Å². The number of fused-ring (bicyclic) bond motifs is 1. The first-order chi connectivity index (χ1) is 16.6. The van der Waals surface area contributed by atoms with E-state index in [2.05, 4.69) is 9.98 Å². The first kappa shape index (κ1) is 21.7. The highest BCUT2D eigenvalue weighted by Crippen LogP contribution is 2.43. The number of amides is 1. The molecule has 0 aliphatic carbocycles. The molecular weight excluding hydrogens is 428 g/mol. The number of aliphatic imine (C=N–C) groups is 1. The molecule has 0 atom stereocenters. The highest BCUT2D eigenvalue weighted by Gasteiger charge is 2.46. The lowest BCUT2D eigenvalue weighted by atomic mass is 9.78. The maximum Gasteiger partial charge on any atom is 0.259 e. The van der Waals surface area contributed by atoms with Gasteiger partial charge in [-0.2, -0.15) is 0 Å². The van der Waals surface area contributed by atoms with Gasteiger partial charge in [-0.3, -0.25) is 9.79 Å². The first-order valence-electron chi connectivity index (χ1n) is 11.3. The van der Waals surface area contributed by atoms with Gasteiger partial charge in [0.1, 0.15) is 22.7 Å². The van der Waals surface area contributed by atoms with E-state index in [0.29, 0.717) is 43.1 Å². The van der Waals surface area contributed by atoms with E-state index in [4.69, 9.17) is 15.2 Å². The molecule has 1 spiro atoms. The number of carbonyl (C=O) groups excluding carboxylic acids is 1. The number of nitrogens with two attached hydrogens (primary N) is 1. The lowest BCUT2D eigenvalue weighted by Gasteiger charge is -2.46. The fraction of sp³-hybridized carbons (Fsp3) is 0.222. The first-order valence-corrected chi connectivity index (χ1v) is 11.3. The Balaban J connectivity index is 1.38. The summed E-state index contributed by atoms with van der Waals surface area (Å²) in [5, 5.41) is 0. The predicted octanol–water partition coefficient (Wildman–Crippen LogP) is 4.20. The molecule has 1 saturated heterocycles. The second-order valence-corrected chi connectivity index (χ2v) is 8.31. The number of likely N-dealkylation sites (tertiary alicyclic amines) is 1. The van der Waals surface area contributed by atoms with Crippen LogP contribution in [0, 0.1) is 0 Å². The molecule has 2 N–H and O–H groups in total. The summed E-state index contributed by atoms with van der Waals surface area (Å²) in [4.78, 5) is 24.1. The van der Waals surface area contributed by atoms with Crippen LogP contribution >= 0.6 is 0 Å². The summed E-state index contributed by atoms with van der Waals surface area (Å²) in [7, 11) is 1.77. The fourth-order valence-electron chi connectivity index (χ4n) is 4.70. The molecule has 1 fully saturated rings. The van der Waals surface area contributed by atoms with Gasteiger partial charge in [0, 0.05) is 56.5 Å². The van der Waals surface area contributed by atoms with Gasteiger partial charge in [0.05, 0.1) is 5.71 Å². The number of piperidine rings is 1. The van der Waals surface area contributed by atoms with Crippen molar-refractivity contribution in [3.05, 3.63) is 95.8 Å². The lowest BCUT2D eigenvalue weighted by Crippen LogP contribution is -2.54. The van der Waals surface area contributed by atoms with Crippen LogP contribution in [0.2, 0.25) is 0 Å². The minimum atomic E-state index is -0.618. The number of hydrogen-bond acceptors (Lipinski definition) is 6. The van der Waals surface area contributed by atoms with Crippen LogP contribution in [0.5, 0.6) is 17.4 Å². The Morgan fingerprint density at radius 2 is 1.82 bits per heavy atom. The van der Waals surface area contributed by atoms with Crippen LogP contribution in [0.25, 0.3) is 0 Å².